The van der Waals surface area contributed by atoms with E-state index in [1.165, 1.54) is 19.1 Å². The van der Waals surface area contributed by atoms with Gasteiger partial charge in [-0.1, -0.05) is 13.0 Å². The highest BCUT2D eigenvalue weighted by Crippen LogP contribution is 2.27. The molecule has 0 aliphatic carbocycles. The summed E-state index contributed by atoms with van der Waals surface area (Å²) >= 11 is 0. The Morgan fingerprint density at radius 1 is 1.52 bits per heavy atom. The Morgan fingerprint density at radius 2 is 2.19 bits per heavy atom. The van der Waals surface area contributed by atoms with Gasteiger partial charge in [0.15, 0.2) is 0 Å². The van der Waals surface area contributed by atoms with E-state index in [1.54, 1.807) is 13.0 Å². The molecule has 0 spiro atoms. The van der Waals surface area contributed by atoms with Crippen molar-refractivity contribution in [2.45, 2.75) is 32.7 Å². The number of carboxylic acid groups (broad SMARTS) is 1. The molecule has 0 aromatic heterocycles. The Bertz CT molecular complexity index is 532. The standard InChI is InChI=1S/C14H20N2O5/c1-4-8-15-14(3,13(17)18)9-21-12-7-5-6-11(10(12)2)16(19)20/h5-7,15H,4,8-9H2,1-3H3,(H,17,18). The van der Waals surface area contributed by atoms with Crippen LogP contribution in [0.25, 0.3) is 0 Å². The topological polar surface area (TPSA) is 102 Å². The molecule has 1 aromatic carbocycles. The highest BCUT2D eigenvalue weighted by Gasteiger charge is 2.33. The highest BCUT2D eigenvalue weighted by molar-refractivity contribution is 5.78. The molecular formula is C14H20N2O5. The number of hydrogen-bond donors (Lipinski definition) is 2. The van der Waals surface area contributed by atoms with Crippen LogP contribution >= 0.6 is 0 Å². The van der Waals surface area contributed by atoms with E-state index >= 15 is 0 Å². The molecule has 0 aliphatic rings. The molecule has 0 fully saturated rings. The second kappa shape index (κ2) is 7.03. The zero-order valence-electron chi connectivity index (χ0n) is 12.4. The van der Waals surface area contributed by atoms with Gasteiger partial charge in [-0.05, 0) is 32.9 Å². The highest BCUT2D eigenvalue weighted by atomic mass is 16.6. The van der Waals surface area contributed by atoms with Crippen LogP contribution in [0.2, 0.25) is 0 Å². The number of nitro groups is 1. The van der Waals surface area contributed by atoms with E-state index < -0.39 is 16.4 Å². The van der Waals surface area contributed by atoms with Gasteiger partial charge in [0.2, 0.25) is 0 Å². The average Bonchev–Trinajstić information content (AvgIpc) is 2.43. The lowest BCUT2D eigenvalue weighted by Crippen LogP contribution is -2.54. The van der Waals surface area contributed by atoms with Gasteiger partial charge >= 0.3 is 5.97 Å². The summed E-state index contributed by atoms with van der Waals surface area (Å²) in [6, 6.07) is 4.48. The molecule has 0 saturated heterocycles. The SMILES string of the molecule is CCCNC(C)(COc1cccc([N+](=O)[O-])c1C)C(=O)O. The van der Waals surface area contributed by atoms with Gasteiger partial charge in [0.1, 0.15) is 17.9 Å². The third-order valence-electron chi connectivity index (χ3n) is 3.21. The van der Waals surface area contributed by atoms with Gasteiger partial charge in [0.25, 0.3) is 5.69 Å². The van der Waals surface area contributed by atoms with Gasteiger partial charge in [-0.2, -0.15) is 0 Å². The maximum Gasteiger partial charge on any atom is 0.327 e. The van der Waals surface area contributed by atoms with Crippen molar-refractivity contribution in [3.63, 3.8) is 0 Å². The quantitative estimate of drug-likeness (QED) is 0.563. The Hall–Kier alpha value is -2.15. The van der Waals surface area contributed by atoms with E-state index in [-0.39, 0.29) is 12.3 Å². The third-order valence-corrected chi connectivity index (χ3v) is 3.21. The molecule has 7 heteroatoms. The van der Waals surface area contributed by atoms with Crippen molar-refractivity contribution >= 4 is 11.7 Å². The van der Waals surface area contributed by atoms with E-state index in [0.717, 1.165) is 6.42 Å². The molecule has 1 rings (SSSR count). The molecular weight excluding hydrogens is 276 g/mol. The molecule has 1 atom stereocenters. The summed E-state index contributed by atoms with van der Waals surface area (Å²) in [5.74, 6) is -0.714. The van der Waals surface area contributed by atoms with E-state index in [4.69, 9.17) is 4.74 Å². The zero-order valence-corrected chi connectivity index (χ0v) is 12.4. The van der Waals surface area contributed by atoms with Crippen LogP contribution in [0.3, 0.4) is 0 Å². The van der Waals surface area contributed by atoms with E-state index in [0.29, 0.717) is 17.9 Å². The van der Waals surface area contributed by atoms with Crippen LogP contribution in [0, 0.1) is 17.0 Å². The van der Waals surface area contributed by atoms with Crippen LogP contribution < -0.4 is 10.1 Å². The van der Waals surface area contributed by atoms with Crippen LogP contribution in [0.4, 0.5) is 5.69 Å². The summed E-state index contributed by atoms with van der Waals surface area (Å²) < 4.78 is 5.50. The first-order valence-corrected chi connectivity index (χ1v) is 6.67. The summed E-state index contributed by atoms with van der Waals surface area (Å²) in [6.07, 6.45) is 0.790. The van der Waals surface area contributed by atoms with Crippen LogP contribution in [-0.4, -0.2) is 34.7 Å². The molecule has 0 aliphatic heterocycles. The molecule has 0 radical (unpaired) electrons. The molecule has 1 unspecified atom stereocenters. The van der Waals surface area contributed by atoms with Gasteiger partial charge in [-0.15, -0.1) is 0 Å². The molecule has 116 valence electrons. The van der Waals surface area contributed by atoms with Crippen molar-refractivity contribution < 1.29 is 19.6 Å². The number of nitrogens with one attached hydrogen (secondary N) is 1. The monoisotopic (exact) mass is 296 g/mol. The molecule has 2 N–H and O–H groups in total. The number of aliphatic carboxylic acids is 1. The Morgan fingerprint density at radius 3 is 2.71 bits per heavy atom. The number of carbonyl (C=O) groups is 1. The molecule has 1 aromatic rings. The average molecular weight is 296 g/mol. The number of carboxylic acids is 1. The van der Waals surface area contributed by atoms with Crippen molar-refractivity contribution in [1.29, 1.82) is 0 Å². The maximum atomic E-state index is 11.4. The molecule has 0 bridgehead atoms. The fourth-order valence-electron chi connectivity index (χ4n) is 1.77. The molecule has 21 heavy (non-hydrogen) atoms. The van der Waals surface area contributed by atoms with Crippen LogP contribution in [0.15, 0.2) is 18.2 Å². The fraction of sp³-hybridized carbons (Fsp3) is 0.500. The first-order chi connectivity index (χ1) is 9.81. The summed E-state index contributed by atoms with van der Waals surface area (Å²) in [5, 5.41) is 23.1. The first kappa shape index (κ1) is 16.9. The van der Waals surface area contributed by atoms with Gasteiger partial charge in [0.05, 0.1) is 10.5 Å². The van der Waals surface area contributed by atoms with E-state index in [1.807, 2.05) is 6.92 Å². The molecule has 0 heterocycles. The number of benzene rings is 1. The van der Waals surface area contributed by atoms with E-state index in [9.17, 15) is 20.0 Å². The van der Waals surface area contributed by atoms with Gasteiger partial charge < -0.3 is 9.84 Å². The number of hydrogen-bond acceptors (Lipinski definition) is 5. The maximum absolute atomic E-state index is 11.4. The third kappa shape index (κ3) is 4.16. The Labute approximate surface area is 123 Å². The largest absolute Gasteiger partial charge is 0.491 e. The van der Waals surface area contributed by atoms with Gasteiger partial charge in [0, 0.05) is 6.07 Å². The van der Waals surface area contributed by atoms with Crippen molar-refractivity contribution in [3.05, 3.63) is 33.9 Å². The molecule has 0 saturated carbocycles. The molecule has 7 nitrogen and oxygen atoms in total. The van der Waals surface area contributed by atoms with Gasteiger partial charge in [-0.3, -0.25) is 20.2 Å². The van der Waals surface area contributed by atoms with Crippen molar-refractivity contribution in [2.75, 3.05) is 13.2 Å². The number of nitro benzene ring substituents is 1. The zero-order chi connectivity index (χ0) is 16.0. The minimum Gasteiger partial charge on any atom is -0.491 e. The number of nitrogens with zero attached hydrogens (tertiary/aromatic N) is 1. The second-order valence-electron chi connectivity index (χ2n) is 5.01. The van der Waals surface area contributed by atoms with Crippen LogP contribution in [0.5, 0.6) is 5.75 Å². The van der Waals surface area contributed by atoms with Crippen LogP contribution in [0.1, 0.15) is 25.8 Å². The van der Waals surface area contributed by atoms with Crippen molar-refractivity contribution in [3.8, 4) is 5.75 Å². The Balaban J connectivity index is 2.88. The van der Waals surface area contributed by atoms with Crippen LogP contribution in [-0.2, 0) is 4.79 Å². The summed E-state index contributed by atoms with van der Waals surface area (Å²) in [7, 11) is 0. The minimum absolute atomic E-state index is 0.0500. The fourth-order valence-corrected chi connectivity index (χ4v) is 1.77. The number of rotatable bonds is 8. The second-order valence-corrected chi connectivity index (χ2v) is 5.01. The Kier molecular flexibility index (Phi) is 5.66. The summed E-state index contributed by atoms with van der Waals surface area (Å²) in [6.45, 7) is 5.45. The minimum atomic E-state index is -1.24. The summed E-state index contributed by atoms with van der Waals surface area (Å²) in [4.78, 5) is 21.7. The molecule has 0 amide bonds. The predicted molar refractivity (Wildman–Crippen MR) is 77.7 cm³/mol. The lowest BCUT2D eigenvalue weighted by Gasteiger charge is -2.26. The van der Waals surface area contributed by atoms with Crippen molar-refractivity contribution in [1.82, 2.24) is 5.32 Å². The first-order valence-electron chi connectivity index (χ1n) is 6.67. The predicted octanol–water partition coefficient (Wildman–Crippen LogP) is 2.12. The van der Waals surface area contributed by atoms with Gasteiger partial charge in [-0.25, -0.2) is 0 Å². The normalized spacial score (nSPS) is 13.5. The lowest BCUT2D eigenvalue weighted by atomic mass is 10.0. The van der Waals surface area contributed by atoms with E-state index in [2.05, 4.69) is 5.32 Å². The lowest BCUT2D eigenvalue weighted by molar-refractivity contribution is -0.385. The summed E-state index contributed by atoms with van der Waals surface area (Å²) in [5.41, 5.74) is -0.913. The smallest absolute Gasteiger partial charge is 0.327 e. The number of ether oxygens (including phenoxy) is 1. The van der Waals surface area contributed by atoms with Crippen molar-refractivity contribution in [2.24, 2.45) is 0 Å².